The predicted molar refractivity (Wildman–Crippen MR) is 44.9 cm³/mol. The SMILES string of the molecule is NC(=O)c1c(Cl)ccc(F)c1Cl. The molecule has 2 N–H and O–H groups in total. The van der Waals surface area contributed by atoms with Crippen LogP contribution >= 0.6 is 23.2 Å². The fourth-order valence-electron chi connectivity index (χ4n) is 0.753. The minimum absolute atomic E-state index is 0.0499. The Bertz CT molecular complexity index is 340. The molecule has 0 bridgehead atoms. The van der Waals surface area contributed by atoms with E-state index >= 15 is 0 Å². The van der Waals surface area contributed by atoms with Gasteiger partial charge in [0.15, 0.2) is 0 Å². The number of amides is 1. The van der Waals surface area contributed by atoms with Crippen molar-refractivity contribution >= 4 is 29.1 Å². The lowest BCUT2D eigenvalue weighted by molar-refractivity contribution is 0.1000. The Balaban J connectivity index is 3.43. The first-order valence-electron chi connectivity index (χ1n) is 2.97. The van der Waals surface area contributed by atoms with E-state index in [1.807, 2.05) is 0 Å². The van der Waals surface area contributed by atoms with Crippen LogP contribution in [0.2, 0.25) is 10.0 Å². The van der Waals surface area contributed by atoms with E-state index in [4.69, 9.17) is 28.9 Å². The maximum Gasteiger partial charge on any atom is 0.251 e. The molecule has 0 saturated heterocycles. The molecule has 0 heterocycles. The van der Waals surface area contributed by atoms with Crippen LogP contribution in [-0.4, -0.2) is 5.91 Å². The molecule has 1 aromatic carbocycles. The van der Waals surface area contributed by atoms with Gasteiger partial charge in [0.05, 0.1) is 15.6 Å². The summed E-state index contributed by atoms with van der Waals surface area (Å²) >= 11 is 11.0. The highest BCUT2D eigenvalue weighted by atomic mass is 35.5. The number of primary amides is 1. The minimum atomic E-state index is -0.843. The second kappa shape index (κ2) is 3.29. The first-order chi connectivity index (χ1) is 5.54. The molecule has 12 heavy (non-hydrogen) atoms. The van der Waals surface area contributed by atoms with Gasteiger partial charge in [0.25, 0.3) is 5.91 Å². The normalized spacial score (nSPS) is 9.92. The molecule has 5 heteroatoms. The van der Waals surface area contributed by atoms with E-state index in [2.05, 4.69) is 0 Å². The van der Waals surface area contributed by atoms with Crippen LogP contribution in [0.5, 0.6) is 0 Å². The number of hydrogen-bond donors (Lipinski definition) is 1. The molecule has 0 aliphatic carbocycles. The van der Waals surface area contributed by atoms with E-state index in [-0.39, 0.29) is 15.6 Å². The van der Waals surface area contributed by atoms with Gasteiger partial charge in [-0.15, -0.1) is 0 Å². The Hall–Kier alpha value is -0.800. The average Bonchev–Trinajstić information content (AvgIpc) is 1.97. The molecule has 0 atom stereocenters. The number of carbonyl (C=O) groups is 1. The number of rotatable bonds is 1. The Labute approximate surface area is 78.1 Å². The fourth-order valence-corrected chi connectivity index (χ4v) is 1.31. The van der Waals surface area contributed by atoms with Gasteiger partial charge in [0, 0.05) is 0 Å². The number of halogens is 3. The molecular formula is C7H4Cl2FNO. The monoisotopic (exact) mass is 207 g/mol. The van der Waals surface area contributed by atoms with Gasteiger partial charge in [-0.1, -0.05) is 23.2 Å². The molecule has 0 radical (unpaired) electrons. The number of nitrogens with two attached hydrogens (primary N) is 1. The van der Waals surface area contributed by atoms with Crippen LogP contribution < -0.4 is 5.73 Å². The van der Waals surface area contributed by atoms with Crippen molar-refractivity contribution in [1.29, 1.82) is 0 Å². The number of benzene rings is 1. The third-order valence-corrected chi connectivity index (χ3v) is 1.97. The third-order valence-electron chi connectivity index (χ3n) is 1.29. The Morgan fingerprint density at radius 3 is 2.42 bits per heavy atom. The summed E-state index contributed by atoms with van der Waals surface area (Å²) in [6.45, 7) is 0. The summed E-state index contributed by atoms with van der Waals surface area (Å²) in [5.41, 5.74) is 4.73. The molecule has 64 valence electrons. The summed E-state index contributed by atoms with van der Waals surface area (Å²) < 4.78 is 12.7. The van der Waals surface area contributed by atoms with Gasteiger partial charge >= 0.3 is 0 Å². The molecule has 1 amide bonds. The van der Waals surface area contributed by atoms with E-state index < -0.39 is 11.7 Å². The third kappa shape index (κ3) is 1.52. The lowest BCUT2D eigenvalue weighted by Crippen LogP contribution is -2.12. The first-order valence-corrected chi connectivity index (χ1v) is 3.73. The Morgan fingerprint density at radius 1 is 1.42 bits per heavy atom. The van der Waals surface area contributed by atoms with Crippen molar-refractivity contribution in [2.75, 3.05) is 0 Å². The van der Waals surface area contributed by atoms with E-state index in [0.717, 1.165) is 6.07 Å². The predicted octanol–water partition coefficient (Wildman–Crippen LogP) is 2.23. The van der Waals surface area contributed by atoms with Crippen molar-refractivity contribution in [3.8, 4) is 0 Å². The molecule has 1 rings (SSSR count). The van der Waals surface area contributed by atoms with Crippen molar-refractivity contribution in [3.05, 3.63) is 33.6 Å². The molecular weight excluding hydrogens is 204 g/mol. The van der Waals surface area contributed by atoms with E-state index in [1.165, 1.54) is 6.07 Å². The van der Waals surface area contributed by atoms with Crippen LogP contribution in [0.3, 0.4) is 0 Å². The summed E-state index contributed by atoms with van der Waals surface area (Å²) in [5, 5.41) is -0.288. The number of hydrogen-bond acceptors (Lipinski definition) is 1. The molecule has 0 saturated carbocycles. The largest absolute Gasteiger partial charge is 0.366 e. The van der Waals surface area contributed by atoms with Gasteiger partial charge in [-0.25, -0.2) is 4.39 Å². The fraction of sp³-hybridized carbons (Fsp3) is 0. The Kier molecular flexibility index (Phi) is 2.55. The first kappa shape index (κ1) is 9.29. The average molecular weight is 208 g/mol. The zero-order valence-corrected chi connectivity index (χ0v) is 7.29. The zero-order valence-electron chi connectivity index (χ0n) is 5.77. The van der Waals surface area contributed by atoms with Gasteiger partial charge in [0.1, 0.15) is 5.82 Å². The zero-order chi connectivity index (χ0) is 9.30. The van der Waals surface area contributed by atoms with Crippen LogP contribution in [0.15, 0.2) is 12.1 Å². The number of carbonyl (C=O) groups excluding carboxylic acids is 1. The summed E-state index contributed by atoms with van der Waals surface area (Å²) in [5.74, 6) is -1.56. The van der Waals surface area contributed by atoms with E-state index in [0.29, 0.717) is 0 Å². The van der Waals surface area contributed by atoms with Gasteiger partial charge in [-0.2, -0.15) is 0 Å². The molecule has 0 aromatic heterocycles. The summed E-state index contributed by atoms with van der Waals surface area (Å²) in [6.07, 6.45) is 0. The molecule has 0 fully saturated rings. The highest BCUT2D eigenvalue weighted by Gasteiger charge is 2.14. The van der Waals surface area contributed by atoms with Crippen LogP contribution in [0, 0.1) is 5.82 Å². The van der Waals surface area contributed by atoms with Crippen LogP contribution in [0.4, 0.5) is 4.39 Å². The lowest BCUT2D eigenvalue weighted by atomic mass is 10.2. The maximum absolute atomic E-state index is 12.7. The van der Waals surface area contributed by atoms with Crippen molar-refractivity contribution in [2.45, 2.75) is 0 Å². The molecule has 1 aromatic rings. The molecule has 0 aliphatic heterocycles. The molecule has 0 aliphatic rings. The maximum atomic E-state index is 12.7. The standard InChI is InChI=1S/C7H4Cl2FNO/c8-3-1-2-4(10)6(9)5(3)7(11)12/h1-2H,(H2,11,12). The highest BCUT2D eigenvalue weighted by molar-refractivity contribution is 6.39. The van der Waals surface area contributed by atoms with Crippen molar-refractivity contribution < 1.29 is 9.18 Å². The van der Waals surface area contributed by atoms with Crippen molar-refractivity contribution in [3.63, 3.8) is 0 Å². The van der Waals surface area contributed by atoms with Crippen LogP contribution in [0.1, 0.15) is 10.4 Å². The lowest BCUT2D eigenvalue weighted by Gasteiger charge is -2.02. The second-order valence-electron chi connectivity index (χ2n) is 2.08. The van der Waals surface area contributed by atoms with Crippen molar-refractivity contribution in [2.24, 2.45) is 5.73 Å². The molecule has 0 spiro atoms. The van der Waals surface area contributed by atoms with Crippen LogP contribution in [0.25, 0.3) is 0 Å². The van der Waals surface area contributed by atoms with Crippen molar-refractivity contribution in [1.82, 2.24) is 0 Å². The molecule has 2 nitrogen and oxygen atoms in total. The smallest absolute Gasteiger partial charge is 0.251 e. The van der Waals surface area contributed by atoms with Gasteiger partial charge < -0.3 is 5.73 Å². The topological polar surface area (TPSA) is 43.1 Å². The quantitative estimate of drug-likeness (QED) is 0.706. The van der Waals surface area contributed by atoms with E-state index in [9.17, 15) is 9.18 Å². The summed E-state index contributed by atoms with van der Waals surface area (Å²) in [4.78, 5) is 10.7. The second-order valence-corrected chi connectivity index (χ2v) is 2.87. The van der Waals surface area contributed by atoms with Gasteiger partial charge in [-0.3, -0.25) is 4.79 Å². The summed E-state index contributed by atoms with van der Waals surface area (Å²) in [6, 6.07) is 2.29. The minimum Gasteiger partial charge on any atom is -0.366 e. The van der Waals surface area contributed by atoms with E-state index in [1.54, 1.807) is 0 Å². The highest BCUT2D eigenvalue weighted by Crippen LogP contribution is 2.26. The van der Waals surface area contributed by atoms with Gasteiger partial charge in [0.2, 0.25) is 0 Å². The van der Waals surface area contributed by atoms with Gasteiger partial charge in [-0.05, 0) is 12.1 Å². The van der Waals surface area contributed by atoms with Crippen LogP contribution in [-0.2, 0) is 0 Å². The Morgan fingerprint density at radius 2 is 2.00 bits per heavy atom. The molecule has 0 unspecified atom stereocenters. The summed E-state index contributed by atoms with van der Waals surface area (Å²) in [7, 11) is 0.